The molecule has 1 aromatic heterocycles. The number of nitrogens with zero attached hydrogens (tertiary/aromatic N) is 3. The van der Waals surface area contributed by atoms with Gasteiger partial charge in [-0.1, -0.05) is 61.8 Å². The number of aromatic nitrogens is 2. The maximum Gasteiger partial charge on any atom is 0.223 e. The van der Waals surface area contributed by atoms with Gasteiger partial charge in [0.1, 0.15) is 0 Å². The fourth-order valence-electron chi connectivity index (χ4n) is 4.26. The van der Waals surface area contributed by atoms with Gasteiger partial charge in [-0.2, -0.15) is 0 Å². The van der Waals surface area contributed by atoms with Crippen molar-refractivity contribution in [2.24, 2.45) is 0 Å². The van der Waals surface area contributed by atoms with E-state index in [9.17, 15) is 0 Å². The molecule has 1 aliphatic rings. The molecule has 1 atom stereocenters. The van der Waals surface area contributed by atoms with Crippen molar-refractivity contribution in [3.8, 4) is 11.3 Å². The Bertz CT molecular complexity index is 983. The average molecular weight is 421 g/mol. The summed E-state index contributed by atoms with van der Waals surface area (Å²) in [7, 11) is 0. The van der Waals surface area contributed by atoms with Crippen molar-refractivity contribution in [3.63, 3.8) is 0 Å². The maximum atomic E-state index is 6.11. The predicted octanol–water partition coefficient (Wildman–Crippen LogP) is 5.63. The van der Waals surface area contributed by atoms with E-state index in [1.165, 1.54) is 22.3 Å². The van der Waals surface area contributed by atoms with Crippen LogP contribution in [0.4, 0.5) is 5.95 Å². The van der Waals surface area contributed by atoms with Gasteiger partial charge in [-0.15, -0.1) is 0 Å². The topological polar surface area (TPSA) is 41.0 Å². The summed E-state index contributed by atoms with van der Waals surface area (Å²) in [5.41, 5.74) is 6.04. The number of nitrogens with one attached hydrogen (secondary N) is 1. The molecule has 0 bridgehead atoms. The van der Waals surface area contributed by atoms with Gasteiger partial charge in [0.2, 0.25) is 5.95 Å². The largest absolute Gasteiger partial charge is 0.354 e. The maximum absolute atomic E-state index is 6.11. The predicted molar refractivity (Wildman–Crippen MR) is 125 cm³/mol. The van der Waals surface area contributed by atoms with E-state index in [1.54, 1.807) is 0 Å². The Labute approximate surface area is 184 Å². The van der Waals surface area contributed by atoms with Crippen molar-refractivity contribution in [1.82, 2.24) is 14.9 Å². The third kappa shape index (κ3) is 4.50. The quantitative estimate of drug-likeness (QED) is 0.479. The van der Waals surface area contributed by atoms with E-state index in [-0.39, 0.29) is 0 Å². The summed E-state index contributed by atoms with van der Waals surface area (Å²) in [6.07, 6.45) is 3.97. The van der Waals surface area contributed by atoms with Crippen LogP contribution in [0.5, 0.6) is 0 Å². The molecule has 30 heavy (non-hydrogen) atoms. The molecule has 4 nitrogen and oxygen atoms in total. The van der Waals surface area contributed by atoms with Crippen LogP contribution in [-0.2, 0) is 6.42 Å². The van der Waals surface area contributed by atoms with E-state index in [0.717, 1.165) is 49.7 Å². The van der Waals surface area contributed by atoms with Crippen LogP contribution in [0.1, 0.15) is 42.9 Å². The second kappa shape index (κ2) is 9.59. The van der Waals surface area contributed by atoms with E-state index < -0.39 is 0 Å². The summed E-state index contributed by atoms with van der Waals surface area (Å²) in [6, 6.07) is 16.8. The summed E-state index contributed by atoms with van der Waals surface area (Å²) in [5.74, 6) is 1.01. The molecule has 156 valence electrons. The van der Waals surface area contributed by atoms with E-state index >= 15 is 0 Å². The molecule has 0 radical (unpaired) electrons. The Morgan fingerprint density at radius 2 is 1.83 bits per heavy atom. The minimum atomic E-state index is 0.294. The molecule has 0 saturated heterocycles. The first kappa shape index (κ1) is 20.8. The van der Waals surface area contributed by atoms with Crippen LogP contribution < -0.4 is 5.32 Å². The van der Waals surface area contributed by atoms with Crippen LogP contribution in [0, 0.1) is 0 Å². The molecule has 1 unspecified atom stereocenters. The highest BCUT2D eigenvalue weighted by Crippen LogP contribution is 2.41. The zero-order valence-electron chi connectivity index (χ0n) is 17.7. The minimum absolute atomic E-state index is 0.294. The highest BCUT2D eigenvalue weighted by molar-refractivity contribution is 6.30. The number of fused-ring (bicyclic) bond motifs is 3. The van der Waals surface area contributed by atoms with Crippen LogP contribution in [0.3, 0.4) is 0 Å². The second-order valence-corrected chi connectivity index (χ2v) is 8.21. The highest BCUT2D eigenvalue weighted by atomic mass is 35.5. The molecule has 1 aliphatic carbocycles. The van der Waals surface area contributed by atoms with Crippen molar-refractivity contribution in [2.75, 3.05) is 31.5 Å². The van der Waals surface area contributed by atoms with Gasteiger partial charge >= 0.3 is 0 Å². The number of hydrogen-bond donors (Lipinski definition) is 1. The molecule has 4 rings (SSSR count). The van der Waals surface area contributed by atoms with Gasteiger partial charge in [0.25, 0.3) is 0 Å². The van der Waals surface area contributed by atoms with Crippen molar-refractivity contribution in [1.29, 1.82) is 0 Å². The van der Waals surface area contributed by atoms with Gasteiger partial charge in [0, 0.05) is 29.2 Å². The van der Waals surface area contributed by atoms with Crippen molar-refractivity contribution in [3.05, 3.63) is 76.4 Å². The first-order chi connectivity index (χ1) is 14.7. The summed E-state index contributed by atoms with van der Waals surface area (Å²) >= 11 is 6.11. The van der Waals surface area contributed by atoms with Gasteiger partial charge in [-0.05, 0) is 61.3 Å². The molecule has 5 heteroatoms. The van der Waals surface area contributed by atoms with Crippen LogP contribution in [-0.4, -0.2) is 41.0 Å². The molecule has 0 spiro atoms. The summed E-state index contributed by atoms with van der Waals surface area (Å²) in [6.45, 7) is 8.58. The van der Waals surface area contributed by atoms with E-state index in [2.05, 4.69) is 65.4 Å². The van der Waals surface area contributed by atoms with Crippen molar-refractivity contribution >= 4 is 17.5 Å². The lowest BCUT2D eigenvalue weighted by Crippen LogP contribution is -2.25. The molecule has 0 saturated carbocycles. The van der Waals surface area contributed by atoms with Gasteiger partial charge in [0.05, 0.1) is 5.69 Å². The third-order valence-electron chi connectivity index (χ3n) is 5.98. The van der Waals surface area contributed by atoms with Crippen molar-refractivity contribution < 1.29 is 0 Å². The summed E-state index contributed by atoms with van der Waals surface area (Å²) in [5, 5.41) is 4.18. The number of rotatable bonds is 8. The minimum Gasteiger partial charge on any atom is -0.354 e. The van der Waals surface area contributed by atoms with Gasteiger partial charge in [0.15, 0.2) is 0 Å². The average Bonchev–Trinajstić information content (AvgIpc) is 2.79. The number of hydrogen-bond acceptors (Lipinski definition) is 4. The Morgan fingerprint density at radius 3 is 2.60 bits per heavy atom. The molecule has 0 amide bonds. The standard InChI is InChI=1S/C25H29ClN4/c1-3-30(4-2)15-7-14-27-25-28-17-19-16-23(18-10-12-20(26)13-11-18)21-8-5-6-9-22(21)24(19)29-25/h5-6,8-13,17,23H,3-4,7,14-16H2,1-2H3,(H,27,28,29). The first-order valence-corrected chi connectivity index (χ1v) is 11.2. The zero-order valence-corrected chi connectivity index (χ0v) is 18.5. The number of halogens is 1. The highest BCUT2D eigenvalue weighted by Gasteiger charge is 2.27. The SMILES string of the molecule is CCN(CC)CCCNc1ncc2c(n1)-c1ccccc1C(c1ccc(Cl)cc1)C2. The van der Waals surface area contributed by atoms with Crippen LogP contribution in [0.2, 0.25) is 5.02 Å². The monoisotopic (exact) mass is 420 g/mol. The molecular formula is C25H29ClN4. The smallest absolute Gasteiger partial charge is 0.223 e. The third-order valence-corrected chi connectivity index (χ3v) is 6.23. The lowest BCUT2D eigenvalue weighted by atomic mass is 9.78. The lowest BCUT2D eigenvalue weighted by molar-refractivity contribution is 0.303. The van der Waals surface area contributed by atoms with Crippen molar-refractivity contribution in [2.45, 2.75) is 32.6 Å². The van der Waals surface area contributed by atoms with E-state index in [0.29, 0.717) is 11.9 Å². The molecule has 3 aromatic rings. The molecular weight excluding hydrogens is 392 g/mol. The summed E-state index contributed by atoms with van der Waals surface area (Å²) in [4.78, 5) is 11.9. The first-order valence-electron chi connectivity index (χ1n) is 10.9. The Morgan fingerprint density at radius 1 is 1.07 bits per heavy atom. The molecule has 1 N–H and O–H groups in total. The van der Waals surface area contributed by atoms with E-state index in [4.69, 9.17) is 16.6 Å². The molecule has 0 fully saturated rings. The Balaban J connectivity index is 1.54. The normalized spacial score (nSPS) is 15.0. The number of anilines is 1. The fraction of sp³-hybridized carbons (Fsp3) is 0.360. The van der Waals surface area contributed by atoms with E-state index in [1.807, 2.05) is 18.3 Å². The second-order valence-electron chi connectivity index (χ2n) is 7.77. The Kier molecular flexibility index (Phi) is 6.66. The van der Waals surface area contributed by atoms with Crippen LogP contribution in [0.15, 0.2) is 54.7 Å². The van der Waals surface area contributed by atoms with Crippen LogP contribution in [0.25, 0.3) is 11.3 Å². The number of benzene rings is 2. The van der Waals surface area contributed by atoms with Gasteiger partial charge < -0.3 is 10.2 Å². The molecule has 0 aliphatic heterocycles. The van der Waals surface area contributed by atoms with Gasteiger partial charge in [-0.25, -0.2) is 9.97 Å². The zero-order chi connectivity index (χ0) is 20.9. The lowest BCUT2D eigenvalue weighted by Gasteiger charge is -2.27. The van der Waals surface area contributed by atoms with Gasteiger partial charge in [-0.3, -0.25) is 0 Å². The molecule has 2 aromatic carbocycles. The fourth-order valence-corrected chi connectivity index (χ4v) is 4.38. The molecule has 1 heterocycles. The Hall–Kier alpha value is -2.43. The summed E-state index contributed by atoms with van der Waals surface area (Å²) < 4.78 is 0. The van der Waals surface area contributed by atoms with Crippen LogP contribution >= 0.6 is 11.6 Å².